The molecule has 0 aromatic heterocycles. The molecule has 150 valence electrons. The number of carbonyl (C=O) groups excluding carboxylic acids is 2. The van der Waals surface area contributed by atoms with Gasteiger partial charge in [0.05, 0.1) is 32.8 Å². The van der Waals surface area contributed by atoms with Gasteiger partial charge in [-0.25, -0.2) is 0 Å². The Hall–Kier alpha value is -2.28. The van der Waals surface area contributed by atoms with Crippen LogP contribution in [-0.4, -0.2) is 69.7 Å². The molecule has 0 spiro atoms. The van der Waals surface area contributed by atoms with Crippen molar-refractivity contribution in [2.45, 2.75) is 25.8 Å². The van der Waals surface area contributed by atoms with Crippen LogP contribution in [0, 0.1) is 5.92 Å². The van der Waals surface area contributed by atoms with Gasteiger partial charge in [-0.15, -0.1) is 0 Å². The first kappa shape index (κ1) is 21.0. The molecule has 2 rings (SSSR count). The van der Waals surface area contributed by atoms with Gasteiger partial charge < -0.3 is 24.0 Å². The van der Waals surface area contributed by atoms with Gasteiger partial charge in [0.15, 0.2) is 0 Å². The van der Waals surface area contributed by atoms with Gasteiger partial charge in [0.2, 0.25) is 11.8 Å². The van der Waals surface area contributed by atoms with Crippen LogP contribution in [0.5, 0.6) is 11.5 Å². The molecule has 7 nitrogen and oxygen atoms in total. The Morgan fingerprint density at radius 1 is 1.26 bits per heavy atom. The van der Waals surface area contributed by atoms with E-state index in [4.69, 9.17) is 14.2 Å². The molecule has 0 bridgehead atoms. The zero-order valence-electron chi connectivity index (χ0n) is 16.9. The van der Waals surface area contributed by atoms with Crippen molar-refractivity contribution in [1.82, 2.24) is 9.80 Å². The van der Waals surface area contributed by atoms with E-state index in [-0.39, 0.29) is 23.8 Å². The summed E-state index contributed by atoms with van der Waals surface area (Å²) in [5.74, 6) is 1.03. The maximum Gasteiger partial charge on any atom is 0.227 e. The van der Waals surface area contributed by atoms with Gasteiger partial charge in [-0.05, 0) is 25.5 Å². The molecule has 2 atom stereocenters. The van der Waals surface area contributed by atoms with Crippen molar-refractivity contribution >= 4 is 11.8 Å². The van der Waals surface area contributed by atoms with Crippen LogP contribution in [-0.2, 0) is 14.3 Å². The van der Waals surface area contributed by atoms with Crippen molar-refractivity contribution in [3.8, 4) is 11.5 Å². The standard InChI is InChI=1S/C20H30N2O5/c1-6-22-18(23)10-9-16(20(24)21(2)11-12-25-3)19(22)15-8-7-14(26-4)13-17(15)27-5/h7-8,13,16,19H,6,9-12H2,1-5H3/t16-,19+/m1/s1. The molecular weight excluding hydrogens is 348 g/mol. The Labute approximate surface area is 161 Å². The highest BCUT2D eigenvalue weighted by atomic mass is 16.5. The van der Waals surface area contributed by atoms with Crippen LogP contribution in [0.15, 0.2) is 18.2 Å². The van der Waals surface area contributed by atoms with Gasteiger partial charge >= 0.3 is 0 Å². The van der Waals surface area contributed by atoms with Crippen molar-refractivity contribution in [3.05, 3.63) is 23.8 Å². The molecule has 1 aliphatic rings. The van der Waals surface area contributed by atoms with Crippen LogP contribution < -0.4 is 9.47 Å². The monoisotopic (exact) mass is 378 g/mol. The van der Waals surface area contributed by atoms with Crippen molar-refractivity contribution in [3.63, 3.8) is 0 Å². The molecule has 2 amide bonds. The lowest BCUT2D eigenvalue weighted by Gasteiger charge is -2.42. The summed E-state index contributed by atoms with van der Waals surface area (Å²) in [7, 11) is 6.56. The maximum absolute atomic E-state index is 13.1. The molecule has 0 aliphatic carbocycles. The van der Waals surface area contributed by atoms with E-state index in [9.17, 15) is 9.59 Å². The number of piperidine rings is 1. The average Bonchev–Trinajstić information content (AvgIpc) is 2.70. The van der Waals surface area contributed by atoms with Crippen LogP contribution in [0.25, 0.3) is 0 Å². The number of likely N-dealkylation sites (N-methyl/N-ethyl adjacent to an activating group) is 1. The number of nitrogens with zero attached hydrogens (tertiary/aromatic N) is 2. The van der Waals surface area contributed by atoms with Crippen LogP contribution in [0.2, 0.25) is 0 Å². The summed E-state index contributed by atoms with van der Waals surface area (Å²) in [6.45, 7) is 3.45. The molecule has 1 aromatic rings. The molecule has 0 unspecified atom stereocenters. The highest BCUT2D eigenvalue weighted by molar-refractivity contribution is 5.85. The predicted molar refractivity (Wildman–Crippen MR) is 102 cm³/mol. The normalized spacial score (nSPS) is 19.7. The Morgan fingerprint density at radius 3 is 2.59 bits per heavy atom. The third-order valence-corrected chi connectivity index (χ3v) is 5.13. The highest BCUT2D eigenvalue weighted by Gasteiger charge is 2.42. The van der Waals surface area contributed by atoms with E-state index >= 15 is 0 Å². The number of hydrogen-bond acceptors (Lipinski definition) is 5. The van der Waals surface area contributed by atoms with E-state index in [2.05, 4.69) is 0 Å². The van der Waals surface area contributed by atoms with Gasteiger partial charge in [0.25, 0.3) is 0 Å². The van der Waals surface area contributed by atoms with E-state index in [0.717, 1.165) is 5.56 Å². The molecule has 1 fully saturated rings. The van der Waals surface area contributed by atoms with Crippen molar-refractivity contribution in [2.24, 2.45) is 5.92 Å². The fourth-order valence-corrected chi connectivity index (χ4v) is 3.65. The summed E-state index contributed by atoms with van der Waals surface area (Å²) in [5.41, 5.74) is 0.826. The molecule has 1 heterocycles. The summed E-state index contributed by atoms with van der Waals surface area (Å²) >= 11 is 0. The van der Waals surface area contributed by atoms with E-state index in [1.54, 1.807) is 44.2 Å². The van der Waals surface area contributed by atoms with E-state index in [0.29, 0.717) is 44.0 Å². The van der Waals surface area contributed by atoms with Gasteiger partial charge in [-0.3, -0.25) is 9.59 Å². The third-order valence-electron chi connectivity index (χ3n) is 5.13. The second-order valence-electron chi connectivity index (χ2n) is 6.63. The third kappa shape index (κ3) is 4.53. The van der Waals surface area contributed by atoms with Gasteiger partial charge in [0.1, 0.15) is 11.5 Å². The fourth-order valence-electron chi connectivity index (χ4n) is 3.65. The van der Waals surface area contributed by atoms with Crippen molar-refractivity contribution in [1.29, 1.82) is 0 Å². The van der Waals surface area contributed by atoms with Crippen LogP contribution >= 0.6 is 0 Å². The summed E-state index contributed by atoms with van der Waals surface area (Å²) in [6.07, 6.45) is 0.892. The quantitative estimate of drug-likeness (QED) is 0.693. The predicted octanol–water partition coefficient (Wildman–Crippen LogP) is 2.11. The summed E-state index contributed by atoms with van der Waals surface area (Å²) in [5, 5.41) is 0. The second-order valence-corrected chi connectivity index (χ2v) is 6.63. The summed E-state index contributed by atoms with van der Waals surface area (Å²) in [4.78, 5) is 29.2. The lowest BCUT2D eigenvalue weighted by Crippen LogP contribution is -2.48. The van der Waals surface area contributed by atoms with Gasteiger partial charge in [-0.1, -0.05) is 0 Å². The number of carbonyl (C=O) groups is 2. The molecule has 1 aliphatic heterocycles. The van der Waals surface area contributed by atoms with E-state index in [1.807, 2.05) is 19.1 Å². The highest BCUT2D eigenvalue weighted by Crippen LogP contribution is 2.42. The Bertz CT molecular complexity index is 664. The first-order valence-electron chi connectivity index (χ1n) is 9.23. The number of methoxy groups -OCH3 is 3. The number of likely N-dealkylation sites (tertiary alicyclic amines) is 1. The molecule has 7 heteroatoms. The first-order valence-corrected chi connectivity index (χ1v) is 9.23. The Kier molecular flexibility index (Phi) is 7.47. The average molecular weight is 378 g/mol. The van der Waals surface area contributed by atoms with Crippen LogP contribution in [0.1, 0.15) is 31.4 Å². The number of ether oxygens (including phenoxy) is 3. The summed E-state index contributed by atoms with van der Waals surface area (Å²) < 4.78 is 15.9. The molecule has 0 saturated carbocycles. The van der Waals surface area contributed by atoms with Gasteiger partial charge in [0, 0.05) is 45.3 Å². The molecule has 0 radical (unpaired) electrons. The SMILES string of the molecule is CCN1C(=O)CC[C@@H](C(=O)N(C)CCOC)[C@@H]1c1ccc(OC)cc1OC. The fraction of sp³-hybridized carbons (Fsp3) is 0.600. The molecule has 1 aromatic carbocycles. The number of amides is 2. The van der Waals surface area contributed by atoms with Crippen molar-refractivity contribution in [2.75, 3.05) is 48.1 Å². The number of rotatable bonds is 8. The Balaban J connectivity index is 2.44. The lowest BCUT2D eigenvalue weighted by molar-refractivity contribution is -0.147. The first-order chi connectivity index (χ1) is 13.0. The largest absolute Gasteiger partial charge is 0.497 e. The van der Waals surface area contributed by atoms with Crippen LogP contribution in [0.3, 0.4) is 0 Å². The second kappa shape index (κ2) is 9.60. The minimum Gasteiger partial charge on any atom is -0.497 e. The number of benzene rings is 1. The number of hydrogen-bond donors (Lipinski definition) is 0. The zero-order valence-corrected chi connectivity index (χ0v) is 16.9. The minimum atomic E-state index is -0.366. The Morgan fingerprint density at radius 2 is 2.00 bits per heavy atom. The lowest BCUT2D eigenvalue weighted by atomic mass is 9.82. The molecule has 1 saturated heterocycles. The van der Waals surface area contributed by atoms with Crippen molar-refractivity contribution < 1.29 is 23.8 Å². The maximum atomic E-state index is 13.1. The topological polar surface area (TPSA) is 68.3 Å². The minimum absolute atomic E-state index is 0.0147. The molecule has 27 heavy (non-hydrogen) atoms. The summed E-state index contributed by atoms with van der Waals surface area (Å²) in [6, 6.07) is 5.15. The smallest absolute Gasteiger partial charge is 0.227 e. The van der Waals surface area contributed by atoms with Crippen LogP contribution in [0.4, 0.5) is 0 Å². The molecule has 0 N–H and O–H groups in total. The molecular formula is C20H30N2O5. The zero-order chi connectivity index (χ0) is 20.0. The van der Waals surface area contributed by atoms with E-state index < -0.39 is 0 Å². The van der Waals surface area contributed by atoms with E-state index in [1.165, 1.54) is 0 Å². The van der Waals surface area contributed by atoms with Gasteiger partial charge in [-0.2, -0.15) is 0 Å².